The molecule has 2 atom stereocenters. The van der Waals surface area contributed by atoms with Crippen LogP contribution in [0.2, 0.25) is 0 Å². The Morgan fingerprint density at radius 3 is 2.66 bits per heavy atom. The third-order valence-electron chi connectivity index (χ3n) is 8.88. The first-order chi connectivity index (χ1) is 20.0. The number of hydrogen-bond donors (Lipinski definition) is 1. The molecular formula is C32H40N4O5. The van der Waals surface area contributed by atoms with Gasteiger partial charge >= 0.3 is 0 Å². The van der Waals surface area contributed by atoms with Crippen LogP contribution in [-0.2, 0) is 19.9 Å². The molecule has 3 aliphatic heterocycles. The number of aromatic amines is 1. The number of hydrogen-bond acceptors (Lipinski definition) is 6. The second-order valence-electron chi connectivity index (χ2n) is 11.4. The van der Waals surface area contributed by atoms with Gasteiger partial charge in [-0.2, -0.15) is 0 Å². The number of nitrogens with one attached hydrogen (secondary N) is 1. The molecule has 0 bridgehead atoms. The number of H-pyrrole nitrogens is 1. The Kier molecular flexibility index (Phi) is 7.66. The van der Waals surface area contributed by atoms with Crippen LogP contribution in [0.15, 0.2) is 42.5 Å². The Morgan fingerprint density at radius 1 is 1.07 bits per heavy atom. The molecule has 0 aliphatic carbocycles. The molecule has 4 heterocycles. The molecule has 3 aromatic rings. The molecule has 9 nitrogen and oxygen atoms in total. The molecule has 1 N–H and O–H groups in total. The van der Waals surface area contributed by atoms with E-state index in [2.05, 4.69) is 28.9 Å². The summed E-state index contributed by atoms with van der Waals surface area (Å²) in [7, 11) is 1.65. The number of carbonyl (C=O) groups is 2. The lowest BCUT2D eigenvalue weighted by atomic mass is 9.76. The van der Waals surface area contributed by atoms with Crippen molar-refractivity contribution in [1.82, 2.24) is 19.7 Å². The molecule has 2 aromatic carbocycles. The van der Waals surface area contributed by atoms with Crippen molar-refractivity contribution in [2.24, 2.45) is 0 Å². The first-order valence-electron chi connectivity index (χ1n) is 14.8. The van der Waals surface area contributed by atoms with Gasteiger partial charge in [0.1, 0.15) is 0 Å². The van der Waals surface area contributed by atoms with Crippen LogP contribution in [0, 0.1) is 0 Å². The predicted molar refractivity (Wildman–Crippen MR) is 156 cm³/mol. The Balaban J connectivity index is 1.36. The smallest absolute Gasteiger partial charge is 0.254 e. The molecule has 2 saturated heterocycles. The summed E-state index contributed by atoms with van der Waals surface area (Å²) in [5, 5.41) is 1.07. The van der Waals surface area contributed by atoms with Crippen LogP contribution in [0.3, 0.4) is 0 Å². The van der Waals surface area contributed by atoms with Crippen LogP contribution < -0.4 is 9.47 Å². The van der Waals surface area contributed by atoms with E-state index in [0.717, 1.165) is 73.4 Å². The van der Waals surface area contributed by atoms with Crippen LogP contribution in [0.25, 0.3) is 10.9 Å². The average Bonchev–Trinajstić information content (AvgIpc) is 3.40. The monoisotopic (exact) mass is 560 g/mol. The topological polar surface area (TPSA) is 87.3 Å². The lowest BCUT2D eigenvalue weighted by Gasteiger charge is -2.51. The maximum Gasteiger partial charge on any atom is 0.254 e. The summed E-state index contributed by atoms with van der Waals surface area (Å²) in [5.41, 5.74) is 2.75. The van der Waals surface area contributed by atoms with Gasteiger partial charge in [0.2, 0.25) is 5.91 Å². The van der Waals surface area contributed by atoms with E-state index in [0.29, 0.717) is 31.2 Å². The minimum Gasteiger partial charge on any atom is -0.493 e. The number of fused-ring (bicyclic) bond motifs is 5. The van der Waals surface area contributed by atoms with Gasteiger partial charge in [0.15, 0.2) is 17.0 Å². The van der Waals surface area contributed by atoms with Crippen molar-refractivity contribution in [2.45, 2.75) is 38.1 Å². The summed E-state index contributed by atoms with van der Waals surface area (Å²) in [5.74, 6) is 1.19. The van der Waals surface area contributed by atoms with Crippen molar-refractivity contribution in [3.8, 4) is 11.5 Å². The summed E-state index contributed by atoms with van der Waals surface area (Å²) in [6.45, 7) is 9.87. The van der Waals surface area contributed by atoms with Gasteiger partial charge in [-0.15, -0.1) is 0 Å². The molecule has 6 rings (SSSR count). The number of rotatable bonds is 9. The number of piperazine rings is 1. The number of morpholine rings is 1. The SMILES string of the molecule is CCCOc1ccc([C@@H]2CN3C(=O)CN(CCCN4CCOCC4)C(=O)[C@]3(C)c3[nH]c4ccccc4c32)cc1OC. The van der Waals surface area contributed by atoms with Gasteiger partial charge in [-0.05, 0) is 49.1 Å². The van der Waals surface area contributed by atoms with Crippen LogP contribution in [0.5, 0.6) is 11.5 Å². The fourth-order valence-electron chi connectivity index (χ4n) is 6.70. The number of benzene rings is 2. The lowest BCUT2D eigenvalue weighted by Crippen LogP contribution is -2.67. The summed E-state index contributed by atoms with van der Waals surface area (Å²) in [4.78, 5) is 37.6. The number of nitrogens with zero attached hydrogens (tertiary/aromatic N) is 3. The molecule has 2 fully saturated rings. The van der Waals surface area contributed by atoms with Gasteiger partial charge in [-0.3, -0.25) is 14.5 Å². The molecule has 3 aliphatic rings. The van der Waals surface area contributed by atoms with E-state index in [-0.39, 0.29) is 24.3 Å². The molecule has 9 heteroatoms. The van der Waals surface area contributed by atoms with Gasteiger partial charge in [0.05, 0.1) is 39.2 Å². The summed E-state index contributed by atoms with van der Waals surface area (Å²) in [6, 6.07) is 14.2. The normalized spacial score (nSPS) is 23.0. The fourth-order valence-corrected chi connectivity index (χ4v) is 6.70. The molecule has 41 heavy (non-hydrogen) atoms. The van der Waals surface area contributed by atoms with Gasteiger partial charge in [0, 0.05) is 49.5 Å². The molecule has 218 valence electrons. The van der Waals surface area contributed by atoms with Gasteiger partial charge in [-0.1, -0.05) is 31.2 Å². The number of methoxy groups -OCH3 is 1. The zero-order valence-electron chi connectivity index (χ0n) is 24.3. The number of aromatic nitrogens is 1. The summed E-state index contributed by atoms with van der Waals surface area (Å²) >= 11 is 0. The second-order valence-corrected chi connectivity index (χ2v) is 11.4. The number of carbonyl (C=O) groups excluding carboxylic acids is 2. The highest BCUT2D eigenvalue weighted by Gasteiger charge is 2.56. The summed E-state index contributed by atoms with van der Waals surface area (Å²) < 4.78 is 17.1. The van der Waals surface area contributed by atoms with Crippen molar-refractivity contribution in [3.63, 3.8) is 0 Å². The van der Waals surface area contributed by atoms with Crippen LogP contribution in [0.4, 0.5) is 0 Å². The van der Waals surface area contributed by atoms with E-state index in [1.165, 1.54) is 0 Å². The Bertz CT molecular complexity index is 1430. The van der Waals surface area contributed by atoms with Gasteiger partial charge in [0.25, 0.3) is 5.91 Å². The molecule has 0 radical (unpaired) electrons. The van der Waals surface area contributed by atoms with Gasteiger partial charge in [-0.25, -0.2) is 0 Å². The Morgan fingerprint density at radius 2 is 1.88 bits per heavy atom. The van der Waals surface area contributed by atoms with Crippen molar-refractivity contribution < 1.29 is 23.8 Å². The molecule has 0 unspecified atom stereocenters. The third-order valence-corrected chi connectivity index (χ3v) is 8.88. The zero-order valence-corrected chi connectivity index (χ0v) is 24.3. The van der Waals surface area contributed by atoms with Crippen molar-refractivity contribution in [3.05, 3.63) is 59.3 Å². The number of ether oxygens (including phenoxy) is 3. The average molecular weight is 561 g/mol. The highest BCUT2D eigenvalue weighted by Crippen LogP contribution is 2.49. The number of para-hydroxylation sites is 1. The van der Waals surface area contributed by atoms with E-state index in [4.69, 9.17) is 14.2 Å². The Labute approximate surface area is 241 Å². The molecule has 0 saturated carbocycles. The molecular weight excluding hydrogens is 520 g/mol. The predicted octanol–water partition coefficient (Wildman–Crippen LogP) is 3.72. The third kappa shape index (κ3) is 4.85. The number of amides is 2. The highest BCUT2D eigenvalue weighted by molar-refractivity contribution is 6.01. The molecule has 2 amide bonds. The first kappa shape index (κ1) is 27.6. The maximum absolute atomic E-state index is 14.3. The standard InChI is InChI=1S/C32H40N4O5/c1-4-16-41-26-11-10-22(19-27(26)39-3)24-20-36-28(37)21-35(13-7-12-34-14-17-40-18-15-34)31(38)32(36,2)30-29(24)23-8-5-6-9-25(23)33-30/h5-6,8-11,19,24,33H,4,7,12-18,20-21H2,1-3H3/t24-,32-/m0/s1. The lowest BCUT2D eigenvalue weighted by molar-refractivity contribution is -0.166. The highest BCUT2D eigenvalue weighted by atomic mass is 16.5. The quantitative estimate of drug-likeness (QED) is 0.429. The first-order valence-corrected chi connectivity index (χ1v) is 14.8. The minimum atomic E-state index is -1.10. The van der Waals surface area contributed by atoms with Gasteiger partial charge < -0.3 is 29.0 Å². The van der Waals surface area contributed by atoms with E-state index in [1.807, 2.05) is 37.3 Å². The molecule has 0 spiro atoms. The fraction of sp³-hybridized carbons (Fsp3) is 0.500. The minimum absolute atomic E-state index is 0.0220. The van der Waals surface area contributed by atoms with Crippen LogP contribution >= 0.6 is 0 Å². The van der Waals surface area contributed by atoms with Crippen LogP contribution in [-0.4, -0.2) is 97.7 Å². The zero-order chi connectivity index (χ0) is 28.6. The molecule has 1 aromatic heterocycles. The van der Waals surface area contributed by atoms with E-state index in [9.17, 15) is 9.59 Å². The van der Waals surface area contributed by atoms with Crippen molar-refractivity contribution >= 4 is 22.7 Å². The second kappa shape index (κ2) is 11.4. The van der Waals surface area contributed by atoms with Crippen molar-refractivity contribution in [2.75, 3.05) is 66.2 Å². The maximum atomic E-state index is 14.3. The Hall–Kier alpha value is -3.56. The van der Waals surface area contributed by atoms with E-state index < -0.39 is 5.54 Å². The van der Waals surface area contributed by atoms with E-state index in [1.54, 1.807) is 16.9 Å². The van der Waals surface area contributed by atoms with Crippen LogP contribution in [0.1, 0.15) is 49.4 Å². The summed E-state index contributed by atoms with van der Waals surface area (Å²) in [6.07, 6.45) is 1.73. The largest absolute Gasteiger partial charge is 0.493 e. The van der Waals surface area contributed by atoms with E-state index >= 15 is 0 Å². The van der Waals surface area contributed by atoms with Crippen molar-refractivity contribution in [1.29, 1.82) is 0 Å².